The second kappa shape index (κ2) is 8.41. The number of Topliss-reactive ketones (excluding diaryl/α,β-unsaturated/α-hetero) is 1. The summed E-state index contributed by atoms with van der Waals surface area (Å²) < 4.78 is 5.51. The highest BCUT2D eigenvalue weighted by atomic mass is 16.5. The van der Waals surface area contributed by atoms with E-state index in [2.05, 4.69) is 32.0 Å². The average molecular weight is 399 g/mol. The molecule has 4 rings (SSSR count). The van der Waals surface area contributed by atoms with E-state index in [1.807, 2.05) is 0 Å². The molecule has 29 heavy (non-hydrogen) atoms. The Hall–Kier alpha value is -1.35. The van der Waals surface area contributed by atoms with E-state index in [1.54, 1.807) is 7.11 Å². The SMILES string of the molecule is CCC[C@@H]1Cc2cc(OC)ccc2[C@H]2CC[C@]3(C)C(=O)[C@H](CCCCO)C[C@H]3[C@H]12. The second-order valence-electron chi connectivity index (χ2n) is 10.1. The Labute approximate surface area is 176 Å². The molecule has 0 aromatic heterocycles. The van der Waals surface area contributed by atoms with E-state index in [0.717, 1.165) is 50.7 Å². The first kappa shape index (κ1) is 20.9. The number of hydrogen-bond acceptors (Lipinski definition) is 3. The molecule has 0 unspecified atom stereocenters. The predicted molar refractivity (Wildman–Crippen MR) is 116 cm³/mol. The summed E-state index contributed by atoms with van der Waals surface area (Å²) in [5, 5.41) is 9.15. The molecule has 3 nitrogen and oxygen atoms in total. The van der Waals surface area contributed by atoms with Crippen molar-refractivity contribution in [1.82, 2.24) is 0 Å². The van der Waals surface area contributed by atoms with Crippen molar-refractivity contribution in [2.45, 2.75) is 77.6 Å². The summed E-state index contributed by atoms with van der Waals surface area (Å²) in [4.78, 5) is 13.4. The molecule has 0 spiro atoms. The summed E-state index contributed by atoms with van der Waals surface area (Å²) in [5.41, 5.74) is 2.89. The summed E-state index contributed by atoms with van der Waals surface area (Å²) in [5.74, 6) is 4.17. The summed E-state index contributed by atoms with van der Waals surface area (Å²) in [6.07, 6.45) is 9.64. The molecule has 3 aliphatic rings. The number of fused-ring (bicyclic) bond motifs is 5. The number of methoxy groups -OCH3 is 1. The van der Waals surface area contributed by atoms with Crippen molar-refractivity contribution in [3.05, 3.63) is 29.3 Å². The van der Waals surface area contributed by atoms with Gasteiger partial charge < -0.3 is 9.84 Å². The number of hydrogen-bond donors (Lipinski definition) is 1. The van der Waals surface area contributed by atoms with E-state index in [0.29, 0.717) is 29.5 Å². The molecule has 2 saturated carbocycles. The van der Waals surface area contributed by atoms with Gasteiger partial charge in [-0.1, -0.05) is 39.2 Å². The summed E-state index contributed by atoms with van der Waals surface area (Å²) in [6.45, 7) is 4.83. The standard InChI is InChI=1S/C26H38O3/c1-4-7-17-14-19-15-20(29-3)9-10-21(19)22-11-12-26(2)23(24(17)22)16-18(25(26)28)8-5-6-13-27/h9-10,15,17-18,22-24,27H,4-8,11-14,16H2,1-3H3/t17-,18-,22-,23+,24-,26+/m1/s1. The Kier molecular flexibility index (Phi) is 6.06. The highest BCUT2D eigenvalue weighted by Gasteiger charge is 2.59. The lowest BCUT2D eigenvalue weighted by Gasteiger charge is -2.51. The van der Waals surface area contributed by atoms with Crippen LogP contribution in [0.4, 0.5) is 0 Å². The largest absolute Gasteiger partial charge is 0.497 e. The monoisotopic (exact) mass is 398 g/mol. The van der Waals surface area contributed by atoms with Crippen LogP contribution in [0.1, 0.15) is 82.3 Å². The zero-order valence-corrected chi connectivity index (χ0v) is 18.5. The van der Waals surface area contributed by atoms with Gasteiger partial charge in [0, 0.05) is 17.9 Å². The average Bonchev–Trinajstić information content (AvgIpc) is 2.98. The van der Waals surface area contributed by atoms with E-state index in [-0.39, 0.29) is 17.9 Å². The lowest BCUT2D eigenvalue weighted by molar-refractivity contribution is -0.132. The van der Waals surface area contributed by atoms with Crippen molar-refractivity contribution in [3.8, 4) is 5.75 Å². The highest BCUT2D eigenvalue weighted by molar-refractivity contribution is 5.89. The minimum Gasteiger partial charge on any atom is -0.497 e. The van der Waals surface area contributed by atoms with Crippen molar-refractivity contribution in [2.24, 2.45) is 29.1 Å². The van der Waals surface area contributed by atoms with Gasteiger partial charge in [-0.25, -0.2) is 0 Å². The third-order valence-electron chi connectivity index (χ3n) is 8.59. The number of unbranched alkanes of at least 4 members (excludes halogenated alkanes) is 1. The molecule has 0 heterocycles. The van der Waals surface area contributed by atoms with Crippen LogP contribution in [0.3, 0.4) is 0 Å². The summed E-state index contributed by atoms with van der Waals surface area (Å²) in [6, 6.07) is 6.70. The number of ketones is 1. The number of benzene rings is 1. The molecule has 0 bridgehead atoms. The van der Waals surface area contributed by atoms with E-state index in [4.69, 9.17) is 9.84 Å². The maximum Gasteiger partial charge on any atom is 0.142 e. The Balaban J connectivity index is 1.65. The Morgan fingerprint density at radius 3 is 2.79 bits per heavy atom. The van der Waals surface area contributed by atoms with Crippen LogP contribution in [0.25, 0.3) is 0 Å². The van der Waals surface area contributed by atoms with Gasteiger partial charge in [0.15, 0.2) is 0 Å². The fraction of sp³-hybridized carbons (Fsp3) is 0.731. The van der Waals surface area contributed by atoms with Crippen LogP contribution < -0.4 is 4.74 Å². The highest BCUT2D eigenvalue weighted by Crippen LogP contribution is 2.63. The first-order valence-electron chi connectivity index (χ1n) is 11.9. The van der Waals surface area contributed by atoms with Gasteiger partial charge in [-0.2, -0.15) is 0 Å². The van der Waals surface area contributed by atoms with E-state index in [1.165, 1.54) is 24.0 Å². The molecule has 1 aromatic rings. The number of carbonyl (C=O) groups is 1. The molecule has 160 valence electrons. The third kappa shape index (κ3) is 3.54. The van der Waals surface area contributed by atoms with Gasteiger partial charge in [0.05, 0.1) is 7.11 Å². The molecular weight excluding hydrogens is 360 g/mol. The number of rotatable bonds is 7. The number of aliphatic hydroxyl groups excluding tert-OH is 1. The first-order chi connectivity index (χ1) is 14.0. The van der Waals surface area contributed by atoms with Gasteiger partial charge in [0.1, 0.15) is 11.5 Å². The third-order valence-corrected chi connectivity index (χ3v) is 8.59. The van der Waals surface area contributed by atoms with Crippen LogP contribution in [0, 0.1) is 29.1 Å². The van der Waals surface area contributed by atoms with Crippen LogP contribution in [-0.4, -0.2) is 24.6 Å². The Bertz CT molecular complexity index is 741. The number of aliphatic hydroxyl groups is 1. The fourth-order valence-electron chi connectivity index (χ4n) is 7.24. The molecule has 1 N–H and O–H groups in total. The molecule has 2 fully saturated rings. The Morgan fingerprint density at radius 1 is 1.24 bits per heavy atom. The first-order valence-corrected chi connectivity index (χ1v) is 11.9. The van der Waals surface area contributed by atoms with Crippen LogP contribution in [-0.2, 0) is 11.2 Å². The van der Waals surface area contributed by atoms with Crippen LogP contribution >= 0.6 is 0 Å². The van der Waals surface area contributed by atoms with Crippen molar-refractivity contribution < 1.29 is 14.6 Å². The van der Waals surface area contributed by atoms with Crippen LogP contribution in [0.5, 0.6) is 5.75 Å². The van der Waals surface area contributed by atoms with Crippen molar-refractivity contribution >= 4 is 5.78 Å². The van der Waals surface area contributed by atoms with Gasteiger partial charge >= 0.3 is 0 Å². The minimum atomic E-state index is -0.124. The summed E-state index contributed by atoms with van der Waals surface area (Å²) >= 11 is 0. The number of ether oxygens (including phenoxy) is 1. The number of carbonyl (C=O) groups excluding carboxylic acids is 1. The molecule has 1 aromatic carbocycles. The smallest absolute Gasteiger partial charge is 0.142 e. The zero-order chi connectivity index (χ0) is 20.6. The molecule has 3 heteroatoms. The zero-order valence-electron chi connectivity index (χ0n) is 18.5. The lowest BCUT2D eigenvalue weighted by Crippen LogP contribution is -2.46. The van der Waals surface area contributed by atoms with Crippen molar-refractivity contribution in [2.75, 3.05) is 13.7 Å². The second-order valence-corrected chi connectivity index (χ2v) is 10.1. The van der Waals surface area contributed by atoms with Crippen LogP contribution in [0.15, 0.2) is 18.2 Å². The normalized spacial score (nSPS) is 35.7. The van der Waals surface area contributed by atoms with Crippen LogP contribution in [0.2, 0.25) is 0 Å². The van der Waals surface area contributed by atoms with Crippen molar-refractivity contribution in [3.63, 3.8) is 0 Å². The topological polar surface area (TPSA) is 46.5 Å². The molecule has 0 radical (unpaired) electrons. The maximum absolute atomic E-state index is 13.4. The van der Waals surface area contributed by atoms with Gasteiger partial charge in [-0.15, -0.1) is 0 Å². The molecule has 0 aliphatic heterocycles. The predicted octanol–water partition coefficient (Wildman–Crippen LogP) is 5.54. The minimum absolute atomic E-state index is 0.124. The molecule has 3 aliphatic carbocycles. The van der Waals surface area contributed by atoms with Gasteiger partial charge in [0.25, 0.3) is 0 Å². The van der Waals surface area contributed by atoms with Gasteiger partial charge in [-0.05, 0) is 85.5 Å². The van der Waals surface area contributed by atoms with E-state index >= 15 is 0 Å². The van der Waals surface area contributed by atoms with Crippen molar-refractivity contribution in [1.29, 1.82) is 0 Å². The van der Waals surface area contributed by atoms with Gasteiger partial charge in [0.2, 0.25) is 0 Å². The fourth-order valence-corrected chi connectivity index (χ4v) is 7.24. The summed E-state index contributed by atoms with van der Waals surface area (Å²) in [7, 11) is 1.75. The lowest BCUT2D eigenvalue weighted by atomic mass is 9.52. The van der Waals surface area contributed by atoms with E-state index in [9.17, 15) is 4.79 Å². The Morgan fingerprint density at radius 2 is 2.07 bits per heavy atom. The molecule has 6 atom stereocenters. The molecule has 0 saturated heterocycles. The molecular formula is C26H38O3. The van der Waals surface area contributed by atoms with E-state index < -0.39 is 0 Å². The quantitative estimate of drug-likeness (QED) is 0.614. The molecule has 0 amide bonds. The maximum atomic E-state index is 13.4. The van der Waals surface area contributed by atoms with Gasteiger partial charge in [-0.3, -0.25) is 4.79 Å².